The molecule has 4 aliphatic carbocycles. The van der Waals surface area contributed by atoms with E-state index in [0.717, 1.165) is 50.5 Å². The summed E-state index contributed by atoms with van der Waals surface area (Å²) in [5.74, 6) is 0.639. The van der Waals surface area contributed by atoms with Gasteiger partial charge in [-0.15, -0.1) is 0 Å². The number of fused-ring (bicyclic) bond motifs is 5. The minimum atomic E-state index is -0.404. The van der Waals surface area contributed by atoms with Crippen molar-refractivity contribution in [2.45, 2.75) is 84.3 Å². The average molecular weight is 475 g/mol. The van der Waals surface area contributed by atoms with E-state index in [1.807, 2.05) is 0 Å². The molecule has 188 valence electrons. The van der Waals surface area contributed by atoms with Gasteiger partial charge in [0.25, 0.3) is 0 Å². The first-order valence-electron chi connectivity index (χ1n) is 13.0. The Kier molecular flexibility index (Phi) is 6.06. The molecule has 34 heavy (non-hydrogen) atoms. The molecule has 1 heterocycles. The lowest BCUT2D eigenvalue weighted by atomic mass is 9.44. The van der Waals surface area contributed by atoms with Gasteiger partial charge in [0.2, 0.25) is 0 Å². The predicted octanol–water partition coefficient (Wildman–Crippen LogP) is 3.57. The van der Waals surface area contributed by atoms with Crippen molar-refractivity contribution < 1.29 is 33.7 Å². The number of esters is 3. The Morgan fingerprint density at radius 2 is 1.91 bits per heavy atom. The Morgan fingerprint density at radius 1 is 1.12 bits per heavy atom. The first-order chi connectivity index (χ1) is 16.1. The van der Waals surface area contributed by atoms with Crippen molar-refractivity contribution in [2.24, 2.45) is 40.4 Å². The Balaban J connectivity index is 1.44. The summed E-state index contributed by atoms with van der Waals surface area (Å²) < 4.78 is 16.5. The standard InChI is InChI=1S/C27H38O7/c1-15(28)33-14-27-9-6-19(34-16(2)29)11-18(27)4-5-20-21(27)7-8-26(3)22(12-23(30)25(20)26)17-10-24(31)32-13-17/h10,18-23,25,30H,4-9,11-14H2,1-3H3/t18-,19-,20+,21-,22+,23+,25-,26+,27+/m0/s1. The smallest absolute Gasteiger partial charge is 0.331 e. The maximum absolute atomic E-state index is 11.9. The van der Waals surface area contributed by atoms with Crippen LogP contribution < -0.4 is 0 Å². The third-order valence-corrected chi connectivity index (χ3v) is 10.3. The molecule has 4 saturated carbocycles. The Labute approximate surface area is 201 Å². The summed E-state index contributed by atoms with van der Waals surface area (Å²) in [5, 5.41) is 11.4. The monoisotopic (exact) mass is 474 g/mol. The molecule has 0 radical (unpaired) electrons. The number of ether oxygens (including phenoxy) is 3. The molecule has 0 aromatic rings. The van der Waals surface area contributed by atoms with E-state index in [9.17, 15) is 19.5 Å². The van der Waals surface area contributed by atoms with E-state index in [-0.39, 0.29) is 46.7 Å². The van der Waals surface area contributed by atoms with Crippen LogP contribution in [0.4, 0.5) is 0 Å². The van der Waals surface area contributed by atoms with E-state index < -0.39 is 6.10 Å². The summed E-state index contributed by atoms with van der Waals surface area (Å²) in [7, 11) is 0. The van der Waals surface area contributed by atoms with Gasteiger partial charge in [-0.25, -0.2) is 4.79 Å². The summed E-state index contributed by atoms with van der Waals surface area (Å²) in [6.07, 6.45) is 8.38. The van der Waals surface area contributed by atoms with Gasteiger partial charge >= 0.3 is 17.9 Å². The lowest BCUT2D eigenvalue weighted by molar-refractivity contribution is -0.184. The van der Waals surface area contributed by atoms with Crippen molar-refractivity contribution in [1.82, 2.24) is 0 Å². The third kappa shape index (κ3) is 3.78. The SMILES string of the molecule is CC(=O)OC[C@]12CC[C@H](OC(C)=O)C[C@@H]1CC[C@H]1[C@H]3[C@H](O)C[C@H](C4=CC(=O)OC4)[C@@]3(C)CC[C@@H]12. The zero-order valence-electron chi connectivity index (χ0n) is 20.6. The maximum atomic E-state index is 11.9. The van der Waals surface area contributed by atoms with Crippen LogP contribution in [-0.4, -0.2) is 48.4 Å². The second kappa shape index (κ2) is 8.65. The molecule has 0 bridgehead atoms. The maximum Gasteiger partial charge on any atom is 0.331 e. The number of rotatable bonds is 4. The van der Waals surface area contributed by atoms with Gasteiger partial charge in [0, 0.05) is 25.3 Å². The lowest BCUT2D eigenvalue weighted by Crippen LogP contribution is -2.58. The number of cyclic esters (lactones) is 1. The molecule has 7 heteroatoms. The van der Waals surface area contributed by atoms with Crippen molar-refractivity contribution in [3.63, 3.8) is 0 Å². The molecular formula is C27H38O7. The van der Waals surface area contributed by atoms with Crippen molar-refractivity contribution >= 4 is 17.9 Å². The summed E-state index contributed by atoms with van der Waals surface area (Å²) in [5.41, 5.74) is 0.846. The summed E-state index contributed by atoms with van der Waals surface area (Å²) in [4.78, 5) is 35.2. The fourth-order valence-corrected chi connectivity index (χ4v) is 9.10. The van der Waals surface area contributed by atoms with Crippen LogP contribution in [0.5, 0.6) is 0 Å². The Bertz CT molecular complexity index is 895. The highest BCUT2D eigenvalue weighted by Gasteiger charge is 2.64. The van der Waals surface area contributed by atoms with Gasteiger partial charge in [-0.05, 0) is 91.9 Å². The van der Waals surface area contributed by atoms with E-state index in [1.54, 1.807) is 6.08 Å². The molecule has 1 aliphatic heterocycles. The molecule has 0 unspecified atom stereocenters. The second-order valence-corrected chi connectivity index (χ2v) is 11.8. The van der Waals surface area contributed by atoms with Crippen LogP contribution in [0.1, 0.15) is 72.1 Å². The number of hydrogen-bond donors (Lipinski definition) is 1. The van der Waals surface area contributed by atoms with Gasteiger partial charge in [0.05, 0.1) is 12.7 Å². The van der Waals surface area contributed by atoms with Crippen molar-refractivity contribution in [3.05, 3.63) is 11.6 Å². The second-order valence-electron chi connectivity index (χ2n) is 11.8. The van der Waals surface area contributed by atoms with Crippen LogP contribution in [0.15, 0.2) is 11.6 Å². The number of hydrogen-bond acceptors (Lipinski definition) is 7. The average Bonchev–Trinajstić information content (AvgIpc) is 3.32. The van der Waals surface area contributed by atoms with E-state index >= 15 is 0 Å². The van der Waals surface area contributed by atoms with Gasteiger partial charge in [-0.3, -0.25) is 9.59 Å². The molecular weight excluding hydrogens is 436 g/mol. The van der Waals surface area contributed by atoms with E-state index in [4.69, 9.17) is 14.2 Å². The molecule has 1 N–H and O–H groups in total. The van der Waals surface area contributed by atoms with E-state index in [2.05, 4.69) is 6.92 Å². The van der Waals surface area contributed by atoms with Gasteiger partial charge in [0.15, 0.2) is 0 Å². The zero-order valence-corrected chi connectivity index (χ0v) is 20.6. The van der Waals surface area contributed by atoms with Crippen LogP contribution in [-0.2, 0) is 28.6 Å². The minimum absolute atomic E-state index is 0.0633. The van der Waals surface area contributed by atoms with E-state index in [1.165, 1.54) is 13.8 Å². The fourth-order valence-electron chi connectivity index (χ4n) is 9.10. The summed E-state index contributed by atoms with van der Waals surface area (Å²) in [6.45, 7) is 6.01. The van der Waals surface area contributed by atoms with Gasteiger partial charge in [-0.1, -0.05) is 6.92 Å². The molecule has 5 rings (SSSR count). The Morgan fingerprint density at radius 3 is 2.59 bits per heavy atom. The quantitative estimate of drug-likeness (QED) is 0.491. The molecule has 0 aromatic heterocycles. The highest BCUT2D eigenvalue weighted by Crippen LogP contribution is 2.68. The van der Waals surface area contributed by atoms with Gasteiger partial charge < -0.3 is 19.3 Å². The molecule has 7 nitrogen and oxygen atoms in total. The number of aliphatic hydroxyl groups excluding tert-OH is 1. The zero-order chi connectivity index (χ0) is 24.3. The predicted molar refractivity (Wildman–Crippen MR) is 122 cm³/mol. The molecule has 0 spiro atoms. The minimum Gasteiger partial charge on any atom is -0.465 e. The number of carbonyl (C=O) groups excluding carboxylic acids is 3. The Hall–Kier alpha value is -1.89. The third-order valence-electron chi connectivity index (χ3n) is 10.3. The molecule has 0 saturated heterocycles. The first kappa shape index (κ1) is 23.8. The van der Waals surface area contributed by atoms with Crippen LogP contribution in [0, 0.1) is 40.4 Å². The summed E-state index contributed by atoms with van der Waals surface area (Å²) >= 11 is 0. The van der Waals surface area contributed by atoms with E-state index in [0.29, 0.717) is 37.4 Å². The molecule has 5 aliphatic rings. The fraction of sp³-hybridized carbons (Fsp3) is 0.815. The number of carbonyl (C=O) groups is 3. The topological polar surface area (TPSA) is 99.1 Å². The lowest BCUT2D eigenvalue weighted by Gasteiger charge is -2.61. The highest BCUT2D eigenvalue weighted by molar-refractivity contribution is 5.85. The molecule has 9 atom stereocenters. The highest BCUT2D eigenvalue weighted by atomic mass is 16.5. The van der Waals surface area contributed by atoms with Crippen molar-refractivity contribution in [1.29, 1.82) is 0 Å². The van der Waals surface area contributed by atoms with Crippen molar-refractivity contribution in [2.75, 3.05) is 13.2 Å². The van der Waals surface area contributed by atoms with Crippen LogP contribution in [0.3, 0.4) is 0 Å². The largest absolute Gasteiger partial charge is 0.465 e. The van der Waals surface area contributed by atoms with Crippen LogP contribution in [0.25, 0.3) is 0 Å². The normalized spacial score (nSPS) is 45.4. The molecule has 0 aromatic carbocycles. The summed E-state index contributed by atoms with van der Waals surface area (Å²) in [6, 6.07) is 0. The van der Waals surface area contributed by atoms with Crippen LogP contribution >= 0.6 is 0 Å². The molecule has 4 fully saturated rings. The van der Waals surface area contributed by atoms with Gasteiger partial charge in [0.1, 0.15) is 12.7 Å². The first-order valence-corrected chi connectivity index (χ1v) is 13.0. The number of aliphatic hydroxyl groups is 1. The van der Waals surface area contributed by atoms with Crippen molar-refractivity contribution in [3.8, 4) is 0 Å². The molecule has 0 amide bonds. The van der Waals surface area contributed by atoms with Gasteiger partial charge in [-0.2, -0.15) is 0 Å². The van der Waals surface area contributed by atoms with Crippen LogP contribution in [0.2, 0.25) is 0 Å².